The molecule has 176 valence electrons. The lowest BCUT2D eigenvalue weighted by Crippen LogP contribution is -2.45. The van der Waals surface area contributed by atoms with Crippen LogP contribution in [0.25, 0.3) is 0 Å². The number of methoxy groups -OCH3 is 1. The predicted octanol–water partition coefficient (Wildman–Crippen LogP) is 3.24. The van der Waals surface area contributed by atoms with E-state index in [2.05, 4.69) is 25.9 Å². The van der Waals surface area contributed by atoms with E-state index in [0.717, 1.165) is 25.0 Å². The number of carbonyl (C=O) groups is 1. The third-order valence-electron chi connectivity index (χ3n) is 5.02. The summed E-state index contributed by atoms with van der Waals surface area (Å²) in [6, 6.07) is 3.06. The molecule has 4 N–H and O–H groups in total. The molecule has 2 heterocycles. The number of nitriles is 1. The van der Waals surface area contributed by atoms with Gasteiger partial charge in [0.15, 0.2) is 23.3 Å². The molecule has 33 heavy (non-hydrogen) atoms. The van der Waals surface area contributed by atoms with E-state index in [1.807, 2.05) is 6.07 Å². The minimum absolute atomic E-state index is 0.0101. The summed E-state index contributed by atoms with van der Waals surface area (Å²) in [6.07, 6.45) is 1.84. The van der Waals surface area contributed by atoms with Gasteiger partial charge in [-0.1, -0.05) is 0 Å². The van der Waals surface area contributed by atoms with Crippen LogP contribution in [0.2, 0.25) is 0 Å². The molecule has 1 aliphatic rings. The number of ether oxygens (including phenoxy) is 2. The summed E-state index contributed by atoms with van der Waals surface area (Å²) in [7, 11) is 1.49. The third kappa shape index (κ3) is 6.39. The Morgan fingerprint density at radius 2 is 2.06 bits per heavy atom. The lowest BCUT2D eigenvalue weighted by Gasteiger charge is -2.26. The maximum absolute atomic E-state index is 14.7. The van der Waals surface area contributed by atoms with E-state index in [4.69, 9.17) is 14.6 Å². The van der Waals surface area contributed by atoms with Gasteiger partial charge in [0, 0.05) is 19.2 Å². The average molecular weight is 462 g/mol. The molecule has 1 saturated carbocycles. The third-order valence-corrected chi connectivity index (χ3v) is 5.02. The normalized spacial score (nSPS) is 14.6. The highest BCUT2D eigenvalue weighted by Gasteiger charge is 2.36. The number of pyridine rings is 2. The number of amides is 1. The first-order valence-corrected chi connectivity index (χ1v) is 10.2. The molecule has 0 bridgehead atoms. The molecular formula is C21H24F2N6O4. The second-order valence-corrected chi connectivity index (χ2v) is 7.55. The van der Waals surface area contributed by atoms with Gasteiger partial charge in [-0.05, 0) is 31.7 Å². The molecule has 0 aliphatic heterocycles. The molecule has 2 atom stereocenters. The van der Waals surface area contributed by atoms with E-state index in [1.165, 1.54) is 13.3 Å². The first-order valence-electron chi connectivity index (χ1n) is 10.2. The largest absolute Gasteiger partial charge is 0.473 e. The van der Waals surface area contributed by atoms with E-state index in [9.17, 15) is 18.8 Å². The van der Waals surface area contributed by atoms with Crippen LogP contribution < -0.4 is 20.7 Å². The van der Waals surface area contributed by atoms with Crippen molar-refractivity contribution in [1.82, 2.24) is 15.3 Å². The van der Waals surface area contributed by atoms with Crippen molar-refractivity contribution in [2.45, 2.75) is 31.8 Å². The molecule has 0 unspecified atom stereocenters. The van der Waals surface area contributed by atoms with E-state index >= 15 is 0 Å². The van der Waals surface area contributed by atoms with Gasteiger partial charge in [-0.2, -0.15) is 5.26 Å². The van der Waals surface area contributed by atoms with Crippen molar-refractivity contribution in [2.75, 3.05) is 31.0 Å². The van der Waals surface area contributed by atoms with Crippen molar-refractivity contribution in [3.05, 3.63) is 35.5 Å². The highest BCUT2D eigenvalue weighted by Crippen LogP contribution is 2.36. The Kier molecular flexibility index (Phi) is 7.78. The van der Waals surface area contributed by atoms with Crippen LogP contribution >= 0.6 is 0 Å². The zero-order valence-corrected chi connectivity index (χ0v) is 18.1. The quantitative estimate of drug-likeness (QED) is 0.370. The molecule has 10 nitrogen and oxygen atoms in total. The summed E-state index contributed by atoms with van der Waals surface area (Å²) < 4.78 is 38.9. The second kappa shape index (κ2) is 10.7. The molecule has 1 fully saturated rings. The number of nitrogens with one attached hydrogen (secondary N) is 3. The zero-order valence-electron chi connectivity index (χ0n) is 18.1. The second-order valence-electron chi connectivity index (χ2n) is 7.55. The first-order chi connectivity index (χ1) is 15.8. The number of nitrogens with zero attached hydrogens (tertiary/aromatic N) is 3. The van der Waals surface area contributed by atoms with Crippen molar-refractivity contribution in [2.24, 2.45) is 5.92 Å². The van der Waals surface area contributed by atoms with Crippen LogP contribution in [0.4, 0.5) is 30.9 Å². The Bertz CT molecular complexity index is 1040. The minimum atomic E-state index is -1.19. The lowest BCUT2D eigenvalue weighted by molar-refractivity contribution is 0.141. The SMILES string of the molecule is COCCOc1ncc(Nc2nc(N[C@H](C3CC3)[C@H](C)NC(=O)O)c(F)cc2C#N)cc1F. The van der Waals surface area contributed by atoms with Crippen LogP contribution in [0.5, 0.6) is 5.88 Å². The molecule has 3 rings (SSSR count). The Morgan fingerprint density at radius 1 is 1.30 bits per heavy atom. The van der Waals surface area contributed by atoms with Crippen LogP contribution in [-0.2, 0) is 4.74 Å². The van der Waals surface area contributed by atoms with Gasteiger partial charge in [0.1, 0.15) is 12.7 Å². The van der Waals surface area contributed by atoms with Crippen LogP contribution in [0.15, 0.2) is 18.3 Å². The van der Waals surface area contributed by atoms with E-state index in [1.54, 1.807) is 6.92 Å². The average Bonchev–Trinajstić information content (AvgIpc) is 3.60. The van der Waals surface area contributed by atoms with Crippen LogP contribution in [0, 0.1) is 28.9 Å². The van der Waals surface area contributed by atoms with Gasteiger partial charge in [-0.15, -0.1) is 0 Å². The Balaban J connectivity index is 1.81. The standard InChI is InChI=1S/C21H24F2N6O4/c1-11(26-21(30)31)17(12-3-4-12)28-19-15(22)7-13(9-24)18(29-19)27-14-8-16(23)20(25-10-14)33-6-5-32-2/h7-8,10-12,17,26H,3-6H2,1-2H3,(H,30,31)(H2,27,28,29)/t11-,17-/m0/s1. The summed E-state index contributed by atoms with van der Waals surface area (Å²) in [5.41, 5.74) is 0.0753. The van der Waals surface area contributed by atoms with Gasteiger partial charge >= 0.3 is 6.09 Å². The molecule has 0 spiro atoms. The van der Waals surface area contributed by atoms with Crippen LogP contribution in [0.1, 0.15) is 25.3 Å². The lowest BCUT2D eigenvalue weighted by atomic mass is 10.0. The molecule has 2 aromatic heterocycles. The minimum Gasteiger partial charge on any atom is -0.473 e. The Labute approximate surface area is 188 Å². The van der Waals surface area contributed by atoms with Gasteiger partial charge in [0.25, 0.3) is 5.88 Å². The summed E-state index contributed by atoms with van der Waals surface area (Å²) >= 11 is 0. The summed E-state index contributed by atoms with van der Waals surface area (Å²) in [5, 5.41) is 26.5. The number of halogens is 2. The highest BCUT2D eigenvalue weighted by atomic mass is 19.1. The molecule has 1 amide bonds. The van der Waals surface area contributed by atoms with Crippen molar-refractivity contribution < 1.29 is 28.2 Å². The topological polar surface area (TPSA) is 141 Å². The number of hydrogen-bond donors (Lipinski definition) is 4. The van der Waals surface area contributed by atoms with Crippen molar-refractivity contribution in [3.8, 4) is 11.9 Å². The van der Waals surface area contributed by atoms with Crippen LogP contribution in [-0.4, -0.2) is 53.6 Å². The molecule has 0 radical (unpaired) electrons. The molecule has 1 aliphatic carbocycles. The Morgan fingerprint density at radius 3 is 2.67 bits per heavy atom. The highest BCUT2D eigenvalue weighted by molar-refractivity contribution is 5.66. The van der Waals surface area contributed by atoms with Crippen molar-refractivity contribution >= 4 is 23.4 Å². The maximum Gasteiger partial charge on any atom is 0.404 e. The summed E-state index contributed by atoms with van der Waals surface area (Å²) in [6.45, 7) is 2.07. The van der Waals surface area contributed by atoms with Crippen molar-refractivity contribution in [3.63, 3.8) is 0 Å². The van der Waals surface area contributed by atoms with Gasteiger partial charge in [0.05, 0.1) is 30.1 Å². The fraction of sp³-hybridized carbons (Fsp3) is 0.429. The first kappa shape index (κ1) is 23.9. The number of rotatable bonds is 11. The smallest absolute Gasteiger partial charge is 0.404 e. The number of aromatic nitrogens is 2. The molecular weight excluding hydrogens is 438 g/mol. The monoisotopic (exact) mass is 462 g/mol. The fourth-order valence-electron chi connectivity index (χ4n) is 3.28. The van der Waals surface area contributed by atoms with Gasteiger partial charge in [-0.3, -0.25) is 0 Å². The predicted molar refractivity (Wildman–Crippen MR) is 115 cm³/mol. The van der Waals surface area contributed by atoms with Crippen LogP contribution in [0.3, 0.4) is 0 Å². The van der Waals surface area contributed by atoms with Gasteiger partial charge in [-0.25, -0.2) is 23.5 Å². The van der Waals surface area contributed by atoms with E-state index in [-0.39, 0.29) is 47.9 Å². The Hall–Kier alpha value is -3.72. The number of hydrogen-bond acceptors (Lipinski definition) is 8. The molecule has 2 aromatic rings. The molecule has 0 saturated heterocycles. The summed E-state index contributed by atoms with van der Waals surface area (Å²) in [5.74, 6) is -1.72. The summed E-state index contributed by atoms with van der Waals surface area (Å²) in [4.78, 5) is 19.1. The van der Waals surface area contributed by atoms with Gasteiger partial charge < -0.3 is 30.5 Å². The van der Waals surface area contributed by atoms with Gasteiger partial charge in [0.2, 0.25) is 0 Å². The zero-order chi connectivity index (χ0) is 24.0. The number of anilines is 3. The maximum atomic E-state index is 14.7. The van der Waals surface area contributed by atoms with E-state index in [0.29, 0.717) is 0 Å². The molecule has 12 heteroatoms. The van der Waals surface area contributed by atoms with Crippen molar-refractivity contribution in [1.29, 1.82) is 5.26 Å². The fourth-order valence-corrected chi connectivity index (χ4v) is 3.28. The molecule has 0 aromatic carbocycles. The number of carboxylic acid groups (broad SMARTS) is 1. The van der Waals surface area contributed by atoms with E-state index < -0.39 is 29.8 Å².